The highest BCUT2D eigenvalue weighted by molar-refractivity contribution is 5.50. The lowest BCUT2D eigenvalue weighted by atomic mass is 10.1. The molecule has 21 heavy (non-hydrogen) atoms. The van der Waals surface area contributed by atoms with E-state index in [2.05, 4.69) is 15.3 Å². The molecule has 0 spiro atoms. The smallest absolute Gasteiger partial charge is 0.227 e. The Labute approximate surface area is 125 Å². The van der Waals surface area contributed by atoms with Gasteiger partial charge in [0, 0.05) is 13.2 Å². The van der Waals surface area contributed by atoms with Crippen LogP contribution in [0.15, 0.2) is 24.3 Å². The Balaban J connectivity index is 2.35. The number of rotatable bonds is 6. The molecule has 0 aliphatic heterocycles. The lowest BCUT2D eigenvalue weighted by Crippen LogP contribution is -2.06. The predicted molar refractivity (Wildman–Crippen MR) is 83.0 cm³/mol. The van der Waals surface area contributed by atoms with E-state index in [9.17, 15) is 0 Å². The second kappa shape index (κ2) is 7.04. The van der Waals surface area contributed by atoms with Crippen molar-refractivity contribution in [3.8, 4) is 11.6 Å². The summed E-state index contributed by atoms with van der Waals surface area (Å²) in [5.41, 5.74) is 1.84. The van der Waals surface area contributed by atoms with Crippen molar-refractivity contribution in [1.29, 1.82) is 0 Å². The summed E-state index contributed by atoms with van der Waals surface area (Å²) in [7, 11) is 0. The van der Waals surface area contributed by atoms with E-state index in [1.807, 2.05) is 45.0 Å². The molecule has 1 heterocycles. The van der Waals surface area contributed by atoms with Crippen LogP contribution in [0.25, 0.3) is 0 Å². The Morgan fingerprint density at radius 3 is 2.67 bits per heavy atom. The van der Waals surface area contributed by atoms with E-state index in [0.717, 1.165) is 29.2 Å². The summed E-state index contributed by atoms with van der Waals surface area (Å²) in [6, 6.07) is 7.67. The molecule has 1 aromatic heterocycles. The standard InChI is InChI=1S/C16H21N3O2/c1-4-17-15-11(2)16(19-12(3)18-15)21-14-8-6-5-7-13(14)9-10-20/h5-8,20H,4,9-10H2,1-3H3,(H,17,18,19). The third-order valence-electron chi connectivity index (χ3n) is 3.12. The van der Waals surface area contributed by atoms with E-state index >= 15 is 0 Å². The van der Waals surface area contributed by atoms with Crippen molar-refractivity contribution in [2.75, 3.05) is 18.5 Å². The van der Waals surface area contributed by atoms with Crippen molar-refractivity contribution in [3.63, 3.8) is 0 Å². The Morgan fingerprint density at radius 2 is 1.95 bits per heavy atom. The molecule has 5 heteroatoms. The zero-order chi connectivity index (χ0) is 15.2. The number of aromatic nitrogens is 2. The van der Waals surface area contributed by atoms with Crippen molar-refractivity contribution in [2.24, 2.45) is 0 Å². The van der Waals surface area contributed by atoms with Gasteiger partial charge in [-0.1, -0.05) is 18.2 Å². The van der Waals surface area contributed by atoms with Gasteiger partial charge in [-0.15, -0.1) is 0 Å². The van der Waals surface area contributed by atoms with Crippen LogP contribution in [0.2, 0.25) is 0 Å². The number of hydrogen-bond donors (Lipinski definition) is 2. The summed E-state index contributed by atoms with van der Waals surface area (Å²) in [6.45, 7) is 6.67. The first kappa shape index (κ1) is 15.3. The van der Waals surface area contributed by atoms with Gasteiger partial charge in [-0.05, 0) is 38.8 Å². The van der Waals surface area contributed by atoms with Crippen LogP contribution in [0.1, 0.15) is 23.9 Å². The van der Waals surface area contributed by atoms with Crippen molar-refractivity contribution < 1.29 is 9.84 Å². The Bertz CT molecular complexity index is 614. The SMILES string of the molecule is CCNc1nc(C)nc(Oc2ccccc2CCO)c1C. The predicted octanol–water partition coefficient (Wildman–Crippen LogP) is 2.85. The lowest BCUT2D eigenvalue weighted by Gasteiger charge is -2.14. The van der Waals surface area contributed by atoms with Gasteiger partial charge in [-0.3, -0.25) is 0 Å². The molecule has 0 atom stereocenters. The Hall–Kier alpha value is -2.14. The molecular weight excluding hydrogens is 266 g/mol. The second-order valence-electron chi connectivity index (χ2n) is 4.76. The first-order valence-electron chi connectivity index (χ1n) is 7.11. The van der Waals surface area contributed by atoms with E-state index in [1.165, 1.54) is 0 Å². The molecule has 0 bridgehead atoms. The molecule has 5 nitrogen and oxygen atoms in total. The number of aliphatic hydroxyl groups excluding tert-OH is 1. The largest absolute Gasteiger partial charge is 0.438 e. The van der Waals surface area contributed by atoms with Gasteiger partial charge in [-0.2, -0.15) is 4.98 Å². The van der Waals surface area contributed by atoms with Crippen molar-refractivity contribution in [2.45, 2.75) is 27.2 Å². The molecule has 0 saturated heterocycles. The highest BCUT2D eigenvalue weighted by Gasteiger charge is 2.12. The van der Waals surface area contributed by atoms with E-state index in [-0.39, 0.29) is 6.61 Å². The van der Waals surface area contributed by atoms with Crippen LogP contribution in [-0.4, -0.2) is 28.2 Å². The van der Waals surface area contributed by atoms with E-state index in [4.69, 9.17) is 9.84 Å². The summed E-state index contributed by atoms with van der Waals surface area (Å²) in [5.74, 6) is 2.71. The molecule has 0 aliphatic carbocycles. The minimum atomic E-state index is 0.0881. The number of ether oxygens (including phenoxy) is 1. The third kappa shape index (κ3) is 3.70. The fourth-order valence-corrected chi connectivity index (χ4v) is 2.08. The number of para-hydroxylation sites is 1. The number of benzene rings is 1. The molecule has 0 saturated carbocycles. The van der Waals surface area contributed by atoms with Gasteiger partial charge in [0.15, 0.2) is 0 Å². The highest BCUT2D eigenvalue weighted by atomic mass is 16.5. The van der Waals surface area contributed by atoms with Crippen LogP contribution in [0.4, 0.5) is 5.82 Å². The topological polar surface area (TPSA) is 67.3 Å². The molecule has 0 amide bonds. The average molecular weight is 287 g/mol. The van der Waals surface area contributed by atoms with Crippen molar-refractivity contribution >= 4 is 5.82 Å². The summed E-state index contributed by atoms with van der Waals surface area (Å²) in [6.07, 6.45) is 0.555. The maximum atomic E-state index is 9.13. The molecule has 0 aliphatic rings. The quantitative estimate of drug-likeness (QED) is 0.855. The first-order valence-corrected chi connectivity index (χ1v) is 7.11. The van der Waals surface area contributed by atoms with Crippen LogP contribution in [0.3, 0.4) is 0 Å². The molecule has 0 fully saturated rings. The number of aliphatic hydroxyl groups is 1. The highest BCUT2D eigenvalue weighted by Crippen LogP contribution is 2.29. The summed E-state index contributed by atoms with van der Waals surface area (Å²) in [5, 5.41) is 12.3. The molecule has 2 aromatic rings. The van der Waals surface area contributed by atoms with Gasteiger partial charge in [0.2, 0.25) is 5.88 Å². The molecule has 0 unspecified atom stereocenters. The molecule has 112 valence electrons. The first-order chi connectivity index (χ1) is 10.2. The minimum Gasteiger partial charge on any atom is -0.438 e. The molecule has 1 aromatic carbocycles. The second-order valence-corrected chi connectivity index (χ2v) is 4.76. The molecule has 2 N–H and O–H groups in total. The van der Waals surface area contributed by atoms with Gasteiger partial charge in [0.25, 0.3) is 0 Å². The van der Waals surface area contributed by atoms with Gasteiger partial charge in [0.1, 0.15) is 17.4 Å². The summed E-state index contributed by atoms with van der Waals surface area (Å²) in [4.78, 5) is 8.76. The third-order valence-corrected chi connectivity index (χ3v) is 3.12. The van der Waals surface area contributed by atoms with Gasteiger partial charge in [-0.25, -0.2) is 4.98 Å². The minimum absolute atomic E-state index is 0.0881. The lowest BCUT2D eigenvalue weighted by molar-refractivity contribution is 0.297. The molecular formula is C16H21N3O2. The van der Waals surface area contributed by atoms with E-state index in [0.29, 0.717) is 18.1 Å². The maximum Gasteiger partial charge on any atom is 0.227 e. The van der Waals surface area contributed by atoms with Crippen molar-refractivity contribution in [1.82, 2.24) is 9.97 Å². The summed E-state index contributed by atoms with van der Waals surface area (Å²) >= 11 is 0. The van der Waals surface area contributed by atoms with Gasteiger partial charge in [0.05, 0.1) is 5.56 Å². The summed E-state index contributed by atoms with van der Waals surface area (Å²) < 4.78 is 5.96. The van der Waals surface area contributed by atoms with Crippen LogP contribution in [0.5, 0.6) is 11.6 Å². The number of nitrogens with one attached hydrogen (secondary N) is 1. The monoisotopic (exact) mass is 287 g/mol. The fourth-order valence-electron chi connectivity index (χ4n) is 2.08. The maximum absolute atomic E-state index is 9.13. The van der Waals surface area contributed by atoms with Crippen LogP contribution < -0.4 is 10.1 Å². The zero-order valence-corrected chi connectivity index (χ0v) is 12.7. The van der Waals surface area contributed by atoms with Gasteiger partial charge < -0.3 is 15.2 Å². The van der Waals surface area contributed by atoms with E-state index in [1.54, 1.807) is 0 Å². The van der Waals surface area contributed by atoms with Crippen molar-refractivity contribution in [3.05, 3.63) is 41.2 Å². The van der Waals surface area contributed by atoms with Crippen LogP contribution >= 0.6 is 0 Å². The molecule has 2 rings (SSSR count). The zero-order valence-electron chi connectivity index (χ0n) is 12.7. The number of anilines is 1. The fraction of sp³-hybridized carbons (Fsp3) is 0.375. The normalized spacial score (nSPS) is 10.5. The number of nitrogens with zero attached hydrogens (tertiary/aromatic N) is 2. The van der Waals surface area contributed by atoms with Gasteiger partial charge >= 0.3 is 0 Å². The Morgan fingerprint density at radius 1 is 1.19 bits per heavy atom. The molecule has 0 radical (unpaired) electrons. The average Bonchev–Trinajstić information content (AvgIpc) is 2.46. The number of aryl methyl sites for hydroxylation is 1. The Kier molecular flexibility index (Phi) is 5.11. The van der Waals surface area contributed by atoms with Crippen LogP contribution in [0, 0.1) is 13.8 Å². The number of hydrogen-bond acceptors (Lipinski definition) is 5. The van der Waals surface area contributed by atoms with Crippen LogP contribution in [-0.2, 0) is 6.42 Å². The van der Waals surface area contributed by atoms with E-state index < -0.39 is 0 Å².